The molecule has 2 aromatic rings. The normalized spacial score (nSPS) is 24.8. The molecule has 1 saturated carbocycles. The lowest BCUT2D eigenvalue weighted by Gasteiger charge is -2.38. The molecule has 5 rings (SSSR count). The third-order valence-corrected chi connectivity index (χ3v) is 6.66. The zero-order valence-corrected chi connectivity index (χ0v) is 17.4. The van der Waals surface area contributed by atoms with Gasteiger partial charge in [0.15, 0.2) is 17.2 Å². The Balaban J connectivity index is 1.74. The smallest absolute Gasteiger partial charge is 0.238 e. The number of fused-ring (bicyclic) bond motifs is 3. The van der Waals surface area contributed by atoms with Gasteiger partial charge in [-0.2, -0.15) is 0 Å². The van der Waals surface area contributed by atoms with Crippen LogP contribution in [-0.2, 0) is 0 Å². The maximum atomic E-state index is 6.67. The molecule has 0 N–H and O–H groups in total. The van der Waals surface area contributed by atoms with Gasteiger partial charge in [-0.1, -0.05) is 31.5 Å². The highest BCUT2D eigenvalue weighted by molar-refractivity contribution is 5.90. The standard InChI is InChI=1S/C23H27N2O4/c1-15-9-8-12-23(15,3)25-24(17-10-6-5-7-11-17)13-18-19(29-25)16(2)20(26-4)22-21(18)27-14-28-22/h5-7,10-11,13,15H,8-9,12,14H2,1-4H3/q+1. The predicted octanol–water partition coefficient (Wildman–Crippen LogP) is 4.60. The second-order valence-corrected chi connectivity index (χ2v) is 8.29. The van der Waals surface area contributed by atoms with Gasteiger partial charge in [0.1, 0.15) is 11.1 Å². The molecule has 2 aromatic carbocycles. The largest absolute Gasteiger partial charge is 0.492 e. The number of para-hydroxylation sites is 1. The highest BCUT2D eigenvalue weighted by atomic mass is 16.7. The van der Waals surface area contributed by atoms with Gasteiger partial charge >= 0.3 is 0 Å². The molecule has 0 amide bonds. The highest BCUT2D eigenvalue weighted by Gasteiger charge is 2.51. The Labute approximate surface area is 171 Å². The Morgan fingerprint density at radius 3 is 2.59 bits per heavy atom. The number of hydrazine groups is 1. The molecule has 0 saturated heterocycles. The summed E-state index contributed by atoms with van der Waals surface area (Å²) in [5.41, 5.74) is 2.71. The minimum absolute atomic E-state index is 0.125. The molecule has 2 heterocycles. The summed E-state index contributed by atoms with van der Waals surface area (Å²) in [5.74, 6) is 3.25. The molecule has 2 unspecified atom stereocenters. The van der Waals surface area contributed by atoms with Gasteiger partial charge in [0.05, 0.1) is 7.11 Å². The lowest BCUT2D eigenvalue weighted by Crippen LogP contribution is -2.55. The number of hydrogen-bond donors (Lipinski definition) is 0. The quantitative estimate of drug-likeness (QED) is 0.711. The van der Waals surface area contributed by atoms with Crippen molar-refractivity contribution in [2.75, 3.05) is 13.9 Å². The van der Waals surface area contributed by atoms with E-state index in [1.807, 2.05) is 25.1 Å². The highest BCUT2D eigenvalue weighted by Crippen LogP contribution is 2.52. The van der Waals surface area contributed by atoms with Crippen molar-refractivity contribution in [1.82, 2.24) is 5.17 Å². The Bertz CT molecular complexity index is 988. The number of ether oxygens (including phenoxy) is 3. The van der Waals surface area contributed by atoms with Crippen LogP contribution in [0.4, 0.5) is 5.69 Å². The molecule has 0 spiro atoms. The number of methoxy groups -OCH3 is 1. The van der Waals surface area contributed by atoms with E-state index in [1.54, 1.807) is 7.11 Å². The molecule has 0 aromatic heterocycles. The first-order chi connectivity index (χ1) is 14.0. The molecule has 6 nitrogen and oxygen atoms in total. The van der Waals surface area contributed by atoms with E-state index in [2.05, 4.69) is 42.1 Å². The van der Waals surface area contributed by atoms with Crippen LogP contribution in [0.2, 0.25) is 0 Å². The van der Waals surface area contributed by atoms with Gasteiger partial charge in [-0.3, -0.25) is 0 Å². The molecule has 2 aliphatic heterocycles. The van der Waals surface area contributed by atoms with Crippen LogP contribution in [0.1, 0.15) is 44.2 Å². The van der Waals surface area contributed by atoms with Crippen molar-refractivity contribution in [3.8, 4) is 23.0 Å². The van der Waals surface area contributed by atoms with Crippen molar-refractivity contribution < 1.29 is 23.7 Å². The molecular formula is C23H27N2O4+. The average Bonchev–Trinajstić information content (AvgIpc) is 3.36. The second-order valence-electron chi connectivity index (χ2n) is 8.29. The van der Waals surface area contributed by atoms with Gasteiger partial charge in [0, 0.05) is 22.9 Å². The minimum atomic E-state index is -0.125. The second kappa shape index (κ2) is 6.58. The van der Waals surface area contributed by atoms with Crippen LogP contribution in [0.15, 0.2) is 30.3 Å². The lowest BCUT2D eigenvalue weighted by molar-refractivity contribution is -0.712. The molecule has 0 radical (unpaired) electrons. The molecule has 1 aliphatic carbocycles. The summed E-state index contributed by atoms with van der Waals surface area (Å²) in [5, 5.41) is 2.05. The number of nitrogens with zero attached hydrogens (tertiary/aromatic N) is 2. The van der Waals surface area contributed by atoms with Crippen LogP contribution < -0.4 is 19.0 Å². The van der Waals surface area contributed by atoms with Crippen molar-refractivity contribution in [1.29, 1.82) is 0 Å². The number of hydroxylamine groups is 1. The summed E-state index contributed by atoms with van der Waals surface area (Å²) in [7, 11) is 1.65. The van der Waals surface area contributed by atoms with Gasteiger partial charge in [0.25, 0.3) is 0 Å². The number of hydrogen-bond acceptors (Lipinski definition) is 5. The maximum absolute atomic E-state index is 6.67. The van der Waals surface area contributed by atoms with Crippen LogP contribution >= 0.6 is 0 Å². The SMILES string of the molecule is COc1c(C)c2c(c3c1OCO3)C=[N+](c1ccccc1)N(C1(C)CCCC1C)O2. The van der Waals surface area contributed by atoms with E-state index >= 15 is 0 Å². The fourth-order valence-corrected chi connectivity index (χ4v) is 4.73. The van der Waals surface area contributed by atoms with E-state index < -0.39 is 0 Å². The summed E-state index contributed by atoms with van der Waals surface area (Å²) in [6.07, 6.45) is 5.55. The van der Waals surface area contributed by atoms with Gasteiger partial charge in [-0.15, -0.1) is 0 Å². The number of rotatable bonds is 3. The molecule has 6 heteroatoms. The van der Waals surface area contributed by atoms with Gasteiger partial charge in [-0.25, -0.2) is 0 Å². The summed E-state index contributed by atoms with van der Waals surface area (Å²) in [4.78, 5) is 6.67. The zero-order valence-electron chi connectivity index (χ0n) is 17.4. The van der Waals surface area contributed by atoms with Crippen molar-refractivity contribution in [3.05, 3.63) is 41.5 Å². The fraction of sp³-hybridized carbons (Fsp3) is 0.435. The molecule has 3 aliphatic rings. The zero-order chi connectivity index (χ0) is 20.2. The Hall–Kier alpha value is -2.89. The van der Waals surface area contributed by atoms with Crippen LogP contribution in [0, 0.1) is 12.8 Å². The van der Waals surface area contributed by atoms with E-state index in [0.29, 0.717) is 23.2 Å². The van der Waals surface area contributed by atoms with Crippen molar-refractivity contribution in [3.63, 3.8) is 0 Å². The van der Waals surface area contributed by atoms with Gasteiger partial charge in [-0.05, 0) is 37.3 Å². The molecule has 0 bridgehead atoms. The molecule has 1 fully saturated rings. The molecular weight excluding hydrogens is 368 g/mol. The number of benzene rings is 2. The van der Waals surface area contributed by atoms with E-state index in [1.165, 1.54) is 12.8 Å². The third kappa shape index (κ3) is 2.58. The number of hydrazone groups is 1. The van der Waals surface area contributed by atoms with Gasteiger partial charge < -0.3 is 19.0 Å². The third-order valence-electron chi connectivity index (χ3n) is 6.66. The average molecular weight is 395 g/mol. The van der Waals surface area contributed by atoms with Crippen LogP contribution in [0.5, 0.6) is 23.0 Å². The lowest BCUT2D eigenvalue weighted by atomic mass is 9.91. The Kier molecular flexibility index (Phi) is 4.12. The Morgan fingerprint density at radius 2 is 1.90 bits per heavy atom. The van der Waals surface area contributed by atoms with Crippen molar-refractivity contribution in [2.45, 2.75) is 45.6 Å². The molecule has 152 valence electrons. The van der Waals surface area contributed by atoms with Crippen LogP contribution in [-0.4, -0.2) is 35.5 Å². The fourth-order valence-electron chi connectivity index (χ4n) is 4.73. The van der Waals surface area contributed by atoms with E-state index in [4.69, 9.17) is 19.0 Å². The first kappa shape index (κ1) is 18.2. The van der Waals surface area contributed by atoms with Crippen LogP contribution in [0.25, 0.3) is 0 Å². The van der Waals surface area contributed by atoms with Gasteiger partial charge in [0.2, 0.25) is 24.4 Å². The topological polar surface area (TPSA) is 43.2 Å². The van der Waals surface area contributed by atoms with E-state index in [-0.39, 0.29) is 12.3 Å². The van der Waals surface area contributed by atoms with Crippen LogP contribution in [0.3, 0.4) is 0 Å². The summed E-state index contributed by atoms with van der Waals surface area (Å²) in [6, 6.07) is 10.3. The first-order valence-electron chi connectivity index (χ1n) is 10.2. The molecule has 2 atom stereocenters. The van der Waals surface area contributed by atoms with E-state index in [9.17, 15) is 0 Å². The maximum Gasteiger partial charge on any atom is 0.238 e. The first-order valence-corrected chi connectivity index (χ1v) is 10.2. The predicted molar refractivity (Wildman–Crippen MR) is 109 cm³/mol. The summed E-state index contributed by atoms with van der Waals surface area (Å²) >= 11 is 0. The Morgan fingerprint density at radius 1 is 1.14 bits per heavy atom. The summed E-state index contributed by atoms with van der Waals surface area (Å²) < 4.78 is 19.3. The van der Waals surface area contributed by atoms with Crippen molar-refractivity contribution in [2.24, 2.45) is 5.92 Å². The van der Waals surface area contributed by atoms with Crippen molar-refractivity contribution >= 4 is 11.9 Å². The monoisotopic (exact) mass is 395 g/mol. The minimum Gasteiger partial charge on any atom is -0.492 e. The van der Waals surface area contributed by atoms with E-state index in [0.717, 1.165) is 29.0 Å². The molecule has 29 heavy (non-hydrogen) atoms. The summed E-state index contributed by atoms with van der Waals surface area (Å²) in [6.45, 7) is 6.78.